The van der Waals surface area contributed by atoms with Gasteiger partial charge in [0.15, 0.2) is 0 Å². The van der Waals surface area contributed by atoms with Crippen molar-refractivity contribution < 1.29 is 9.90 Å². The number of hydrogen-bond acceptors (Lipinski definition) is 2. The molecule has 1 aromatic rings. The number of benzene rings is 1. The van der Waals surface area contributed by atoms with E-state index >= 15 is 0 Å². The van der Waals surface area contributed by atoms with Gasteiger partial charge in [-0.05, 0) is 12.1 Å². The van der Waals surface area contributed by atoms with Crippen molar-refractivity contribution in [2.75, 3.05) is 0 Å². The fourth-order valence-corrected chi connectivity index (χ4v) is 0.581. The van der Waals surface area contributed by atoms with E-state index in [4.69, 9.17) is 5.11 Å². The molecule has 0 spiro atoms. The van der Waals surface area contributed by atoms with Crippen LogP contribution in [-0.4, -0.2) is 40.6 Å². The molecule has 0 aliphatic carbocycles. The third-order valence-corrected chi connectivity index (χ3v) is 1.02. The van der Waals surface area contributed by atoms with Gasteiger partial charge in [-0.2, -0.15) is 0 Å². The number of carbonyl (C=O) groups is 1. The monoisotopic (exact) mass is 163 g/mol. The Kier molecular flexibility index (Phi) is 7.67. The Morgan fingerprint density at radius 1 is 1.18 bits per heavy atom. The summed E-state index contributed by atoms with van der Waals surface area (Å²) in [4.78, 5) is 10.2. The van der Waals surface area contributed by atoms with Crippen LogP contribution in [0.1, 0.15) is 10.4 Å². The molecule has 11 heavy (non-hydrogen) atoms. The van der Waals surface area contributed by atoms with Crippen molar-refractivity contribution in [2.24, 2.45) is 0 Å². The molecule has 0 amide bonds. The first-order valence-corrected chi connectivity index (χ1v) is 2.59. The summed E-state index contributed by atoms with van der Waals surface area (Å²) >= 11 is 0. The second kappa shape index (κ2) is 6.37. The molecule has 0 saturated carbocycles. The number of hydrogen-bond donors (Lipinski definition) is 2. The van der Waals surface area contributed by atoms with Gasteiger partial charge in [0.05, 0.1) is 5.56 Å². The summed E-state index contributed by atoms with van der Waals surface area (Å²) in [6.07, 6.45) is 0. The van der Waals surface area contributed by atoms with E-state index < -0.39 is 5.97 Å². The summed E-state index contributed by atoms with van der Waals surface area (Å²) in [6.45, 7) is 0. The average Bonchev–Trinajstić information content (AvgIpc) is 1.90. The molecule has 0 fully saturated rings. The van der Waals surface area contributed by atoms with Gasteiger partial charge in [-0.25, -0.2) is 4.79 Å². The molecule has 0 unspecified atom stereocenters. The molecule has 0 aliphatic rings. The van der Waals surface area contributed by atoms with Crippen LogP contribution in [0.2, 0.25) is 0 Å². The van der Waals surface area contributed by atoms with Gasteiger partial charge in [0, 0.05) is 0 Å². The Morgan fingerprint density at radius 3 is 1.91 bits per heavy atom. The molecule has 0 saturated heterocycles. The predicted octanol–water partition coefficient (Wildman–Crippen LogP) is 0.898. The Morgan fingerprint density at radius 2 is 1.64 bits per heavy atom. The standard InChI is InChI=1S/C7H6O2.H3N.Na.H/c8-7(9)6-4-2-1-3-5-6;;;/h1-5H,(H,8,9);1H3;;. The third kappa shape index (κ3) is 4.16. The van der Waals surface area contributed by atoms with Crippen molar-refractivity contribution >= 4 is 35.5 Å². The van der Waals surface area contributed by atoms with Crippen LogP contribution < -0.4 is 6.15 Å². The molecule has 0 heterocycles. The van der Waals surface area contributed by atoms with Crippen LogP contribution in [0.25, 0.3) is 0 Å². The second-order valence-electron chi connectivity index (χ2n) is 1.67. The molecular weight excluding hydrogens is 153 g/mol. The Bertz CT molecular complexity index is 213. The zero-order valence-electron chi connectivity index (χ0n) is 5.45. The second-order valence-corrected chi connectivity index (χ2v) is 1.67. The number of aromatic carboxylic acids is 1. The summed E-state index contributed by atoms with van der Waals surface area (Å²) in [6, 6.07) is 8.30. The molecule has 0 bridgehead atoms. The molecule has 0 radical (unpaired) electrons. The van der Waals surface area contributed by atoms with E-state index in [1.165, 1.54) is 0 Å². The van der Waals surface area contributed by atoms with Crippen LogP contribution in [0.4, 0.5) is 0 Å². The summed E-state index contributed by atoms with van der Waals surface area (Å²) in [5.74, 6) is -0.879. The van der Waals surface area contributed by atoms with Crippen LogP contribution in [0.5, 0.6) is 0 Å². The molecule has 0 aromatic heterocycles. The van der Waals surface area contributed by atoms with Gasteiger partial charge in [-0.15, -0.1) is 0 Å². The van der Waals surface area contributed by atoms with E-state index in [2.05, 4.69) is 0 Å². The summed E-state index contributed by atoms with van der Waals surface area (Å²) in [5, 5.41) is 8.38. The van der Waals surface area contributed by atoms with Crippen molar-refractivity contribution in [1.82, 2.24) is 6.15 Å². The zero-order chi connectivity index (χ0) is 6.69. The maximum absolute atomic E-state index is 10.2. The number of carboxylic acids is 1. The van der Waals surface area contributed by atoms with Crippen molar-refractivity contribution in [2.45, 2.75) is 0 Å². The van der Waals surface area contributed by atoms with Gasteiger partial charge in [0.1, 0.15) is 0 Å². The Hall–Kier alpha value is -0.350. The SMILES string of the molecule is N.O=C(O)c1ccccc1.[NaH]. The van der Waals surface area contributed by atoms with Gasteiger partial charge in [-0.1, -0.05) is 18.2 Å². The van der Waals surface area contributed by atoms with Crippen LogP contribution >= 0.6 is 0 Å². The molecule has 0 atom stereocenters. The number of carboxylic acid groups (broad SMARTS) is 1. The average molecular weight is 163 g/mol. The van der Waals surface area contributed by atoms with Crippen LogP contribution in [0, 0.1) is 0 Å². The summed E-state index contributed by atoms with van der Waals surface area (Å²) in [5.41, 5.74) is 0.331. The topological polar surface area (TPSA) is 72.3 Å². The van der Waals surface area contributed by atoms with Gasteiger partial charge in [0.25, 0.3) is 0 Å². The van der Waals surface area contributed by atoms with E-state index in [0.717, 1.165) is 0 Å². The summed E-state index contributed by atoms with van der Waals surface area (Å²) < 4.78 is 0. The maximum atomic E-state index is 10.2. The Balaban J connectivity index is 0. The minimum absolute atomic E-state index is 0. The minimum atomic E-state index is -0.879. The van der Waals surface area contributed by atoms with E-state index in [9.17, 15) is 4.79 Å². The molecule has 56 valence electrons. The van der Waals surface area contributed by atoms with E-state index in [0.29, 0.717) is 5.56 Å². The fraction of sp³-hybridized carbons (Fsp3) is 0. The molecule has 4 heteroatoms. The molecule has 1 aromatic carbocycles. The van der Waals surface area contributed by atoms with Gasteiger partial charge in [0.2, 0.25) is 0 Å². The molecule has 4 N–H and O–H groups in total. The van der Waals surface area contributed by atoms with E-state index in [-0.39, 0.29) is 35.7 Å². The van der Waals surface area contributed by atoms with E-state index in [1.807, 2.05) is 0 Å². The molecule has 1 rings (SSSR count). The van der Waals surface area contributed by atoms with Crippen molar-refractivity contribution in [1.29, 1.82) is 0 Å². The zero-order valence-corrected chi connectivity index (χ0v) is 5.45. The first-order valence-electron chi connectivity index (χ1n) is 2.59. The number of rotatable bonds is 1. The third-order valence-electron chi connectivity index (χ3n) is 1.02. The van der Waals surface area contributed by atoms with Crippen LogP contribution in [0.3, 0.4) is 0 Å². The molecule has 0 aliphatic heterocycles. The van der Waals surface area contributed by atoms with Crippen molar-refractivity contribution in [3.63, 3.8) is 0 Å². The Labute approximate surface area is 87.3 Å². The summed E-state index contributed by atoms with van der Waals surface area (Å²) in [7, 11) is 0. The first-order chi connectivity index (χ1) is 4.30. The van der Waals surface area contributed by atoms with Crippen molar-refractivity contribution in [3.05, 3.63) is 35.9 Å². The van der Waals surface area contributed by atoms with Gasteiger partial charge >= 0.3 is 35.5 Å². The quantitative estimate of drug-likeness (QED) is 0.604. The normalized spacial score (nSPS) is 7.27. The fourth-order valence-electron chi connectivity index (χ4n) is 0.581. The van der Waals surface area contributed by atoms with E-state index in [1.54, 1.807) is 30.3 Å². The predicted molar refractivity (Wildman–Crippen MR) is 45.6 cm³/mol. The van der Waals surface area contributed by atoms with Gasteiger partial charge in [-0.3, -0.25) is 0 Å². The molecule has 3 nitrogen and oxygen atoms in total. The first kappa shape index (κ1) is 13.3. The van der Waals surface area contributed by atoms with Crippen molar-refractivity contribution in [3.8, 4) is 0 Å². The molecular formula is C7H10NNaO2. The van der Waals surface area contributed by atoms with Gasteiger partial charge < -0.3 is 11.3 Å². The van der Waals surface area contributed by atoms with Crippen LogP contribution in [0.15, 0.2) is 30.3 Å². The van der Waals surface area contributed by atoms with Crippen LogP contribution in [-0.2, 0) is 0 Å².